The van der Waals surface area contributed by atoms with Crippen molar-refractivity contribution in [1.82, 2.24) is 0 Å². The van der Waals surface area contributed by atoms with Gasteiger partial charge in [-0.3, -0.25) is 0 Å². The van der Waals surface area contributed by atoms with Gasteiger partial charge < -0.3 is 6.92 Å². The Hall–Kier alpha value is 0.623. The van der Waals surface area contributed by atoms with E-state index in [1.165, 1.54) is 70.6 Å². The number of hydrogen-bond acceptors (Lipinski definition) is 0. The van der Waals surface area contributed by atoms with Crippen LogP contribution in [0.3, 0.4) is 0 Å². The first-order valence-electron chi connectivity index (χ1n) is 6.71. The van der Waals surface area contributed by atoms with Crippen molar-refractivity contribution in [2.24, 2.45) is 0 Å². The van der Waals surface area contributed by atoms with Crippen molar-refractivity contribution < 1.29 is 19.5 Å². The second kappa shape index (κ2) is 17.0. The van der Waals surface area contributed by atoms with Gasteiger partial charge in [0.05, 0.1) is 0 Å². The molecular formula is C14H29Ru. The molecule has 0 aromatic carbocycles. The van der Waals surface area contributed by atoms with Gasteiger partial charge in [0.2, 0.25) is 0 Å². The molecule has 0 aromatic heterocycles. The van der Waals surface area contributed by atoms with Gasteiger partial charge in [-0.2, -0.15) is 6.42 Å². The van der Waals surface area contributed by atoms with Crippen molar-refractivity contribution in [3.05, 3.63) is 6.92 Å². The van der Waals surface area contributed by atoms with Gasteiger partial charge in [-0.1, -0.05) is 77.6 Å². The molecule has 0 saturated heterocycles. The van der Waals surface area contributed by atoms with Crippen LogP contribution >= 0.6 is 0 Å². The maximum absolute atomic E-state index is 3.86. The van der Waals surface area contributed by atoms with E-state index in [0.29, 0.717) is 0 Å². The minimum Gasteiger partial charge on any atom is -0.343 e. The van der Waals surface area contributed by atoms with Crippen molar-refractivity contribution in [2.75, 3.05) is 0 Å². The van der Waals surface area contributed by atoms with Gasteiger partial charge in [-0.05, 0) is 0 Å². The zero-order chi connectivity index (χ0) is 10.5. The van der Waals surface area contributed by atoms with Crippen LogP contribution in [-0.2, 0) is 19.5 Å². The molecule has 0 bridgehead atoms. The Morgan fingerprint density at radius 3 is 1.27 bits per heavy atom. The van der Waals surface area contributed by atoms with Crippen molar-refractivity contribution in [2.45, 2.75) is 84.0 Å². The molecule has 1 heteroatoms. The summed E-state index contributed by atoms with van der Waals surface area (Å²) in [4.78, 5) is 0. The molecule has 0 aromatic rings. The van der Waals surface area contributed by atoms with Crippen molar-refractivity contribution >= 4 is 0 Å². The van der Waals surface area contributed by atoms with Gasteiger partial charge in [-0.25, -0.2) is 0 Å². The van der Waals surface area contributed by atoms with Crippen molar-refractivity contribution in [3.63, 3.8) is 0 Å². The van der Waals surface area contributed by atoms with Crippen LogP contribution < -0.4 is 0 Å². The second-order valence-corrected chi connectivity index (χ2v) is 4.39. The number of unbranched alkanes of at least 4 members (excludes halogenated alkanes) is 11. The minimum absolute atomic E-state index is 0. The van der Waals surface area contributed by atoms with Gasteiger partial charge in [-0.15, -0.1) is 0 Å². The average Bonchev–Trinajstić information content (AvgIpc) is 2.21. The summed E-state index contributed by atoms with van der Waals surface area (Å²) < 4.78 is 0. The summed E-state index contributed by atoms with van der Waals surface area (Å²) in [5.74, 6) is 0. The van der Waals surface area contributed by atoms with Crippen molar-refractivity contribution in [3.8, 4) is 0 Å². The molecule has 0 nitrogen and oxygen atoms in total. The van der Waals surface area contributed by atoms with Gasteiger partial charge in [0.15, 0.2) is 0 Å². The Balaban J connectivity index is 0. The molecule has 0 fully saturated rings. The molecule has 0 heterocycles. The van der Waals surface area contributed by atoms with Crippen LogP contribution in [0, 0.1) is 6.92 Å². The van der Waals surface area contributed by atoms with Crippen LogP contribution in [0.4, 0.5) is 0 Å². The smallest absolute Gasteiger partial charge is 0.343 e. The first-order chi connectivity index (χ1) is 6.91. The van der Waals surface area contributed by atoms with E-state index in [4.69, 9.17) is 0 Å². The van der Waals surface area contributed by atoms with E-state index in [0.717, 1.165) is 6.42 Å². The van der Waals surface area contributed by atoms with E-state index in [2.05, 4.69) is 13.8 Å². The molecule has 0 N–H and O–H groups in total. The Labute approximate surface area is 110 Å². The summed E-state index contributed by atoms with van der Waals surface area (Å²) in [6.07, 6.45) is 16.9. The number of hydrogen-bond donors (Lipinski definition) is 0. The SMILES string of the molecule is [CH2-]CCCCCCCCCCCCC.[Ru+]. The largest absolute Gasteiger partial charge is 1.00 e. The summed E-state index contributed by atoms with van der Waals surface area (Å²) in [5.41, 5.74) is 0. The number of rotatable bonds is 11. The fourth-order valence-corrected chi connectivity index (χ4v) is 1.84. The Morgan fingerprint density at radius 2 is 0.933 bits per heavy atom. The molecule has 0 rings (SSSR count). The fourth-order valence-electron chi connectivity index (χ4n) is 1.84. The third-order valence-corrected chi connectivity index (χ3v) is 2.85. The van der Waals surface area contributed by atoms with E-state index >= 15 is 0 Å². The summed E-state index contributed by atoms with van der Waals surface area (Å²) in [7, 11) is 0. The van der Waals surface area contributed by atoms with E-state index in [1.54, 1.807) is 0 Å². The summed E-state index contributed by atoms with van der Waals surface area (Å²) in [6.45, 7) is 6.14. The van der Waals surface area contributed by atoms with Gasteiger partial charge in [0, 0.05) is 0 Å². The second-order valence-electron chi connectivity index (χ2n) is 4.39. The molecule has 0 aliphatic heterocycles. The van der Waals surface area contributed by atoms with E-state index in [-0.39, 0.29) is 19.5 Å². The zero-order valence-electron chi connectivity index (χ0n) is 10.5. The molecule has 0 aliphatic carbocycles. The molecule has 15 heavy (non-hydrogen) atoms. The molecular weight excluding hydrogens is 269 g/mol. The van der Waals surface area contributed by atoms with Crippen LogP contribution in [-0.4, -0.2) is 0 Å². The predicted molar refractivity (Wildman–Crippen MR) is 66.4 cm³/mol. The molecule has 0 spiro atoms. The molecule has 0 saturated carbocycles. The van der Waals surface area contributed by atoms with Crippen molar-refractivity contribution in [1.29, 1.82) is 0 Å². The van der Waals surface area contributed by atoms with Crippen LogP contribution in [0.15, 0.2) is 0 Å². The van der Waals surface area contributed by atoms with Crippen LogP contribution in [0.2, 0.25) is 0 Å². The third-order valence-electron chi connectivity index (χ3n) is 2.85. The molecule has 0 amide bonds. The van der Waals surface area contributed by atoms with Crippen LogP contribution in [0.25, 0.3) is 0 Å². The average molecular weight is 298 g/mol. The van der Waals surface area contributed by atoms with Gasteiger partial charge >= 0.3 is 19.5 Å². The summed E-state index contributed by atoms with van der Waals surface area (Å²) in [6, 6.07) is 0. The molecule has 0 atom stereocenters. The van der Waals surface area contributed by atoms with E-state index in [1.807, 2.05) is 0 Å². The molecule has 0 unspecified atom stereocenters. The predicted octanol–water partition coefficient (Wildman–Crippen LogP) is 5.52. The van der Waals surface area contributed by atoms with Crippen LogP contribution in [0.5, 0.6) is 0 Å². The van der Waals surface area contributed by atoms with E-state index < -0.39 is 0 Å². The normalized spacial score (nSPS) is 10.0. The summed E-state index contributed by atoms with van der Waals surface area (Å²) >= 11 is 0. The zero-order valence-corrected chi connectivity index (χ0v) is 12.3. The Morgan fingerprint density at radius 1 is 0.600 bits per heavy atom. The Kier molecular flexibility index (Phi) is 20.4. The topological polar surface area (TPSA) is 0 Å². The first kappa shape index (κ1) is 18.0. The fraction of sp³-hybridized carbons (Fsp3) is 0.929. The monoisotopic (exact) mass is 299 g/mol. The van der Waals surface area contributed by atoms with Crippen LogP contribution in [0.1, 0.15) is 84.0 Å². The third kappa shape index (κ3) is 17.2. The van der Waals surface area contributed by atoms with Gasteiger partial charge in [0.1, 0.15) is 0 Å². The summed E-state index contributed by atoms with van der Waals surface area (Å²) in [5, 5.41) is 0. The molecule has 0 aliphatic rings. The minimum atomic E-state index is 0. The molecule has 93 valence electrons. The Bertz CT molecular complexity index is 79.3. The van der Waals surface area contributed by atoms with E-state index in [9.17, 15) is 0 Å². The quantitative estimate of drug-likeness (QED) is 0.268. The maximum Gasteiger partial charge on any atom is 1.00 e. The van der Waals surface area contributed by atoms with Gasteiger partial charge in [0.25, 0.3) is 0 Å². The first-order valence-corrected chi connectivity index (χ1v) is 6.71. The maximum atomic E-state index is 3.86. The molecule has 1 radical (unpaired) electrons. The standard InChI is InChI=1S/C14H29.Ru/c1-3-5-7-9-11-13-14-12-10-8-6-4-2;/h1,3-14H2,2H3;/q-1;+1.